The van der Waals surface area contributed by atoms with E-state index in [-0.39, 0.29) is 11.7 Å². The van der Waals surface area contributed by atoms with Gasteiger partial charge in [-0.2, -0.15) is 5.10 Å². The van der Waals surface area contributed by atoms with Crippen LogP contribution in [0.15, 0.2) is 59.7 Å². The molecule has 0 bridgehead atoms. The number of carbonyl (C=O) groups excluding carboxylic acids is 1. The molecule has 0 spiro atoms. The summed E-state index contributed by atoms with van der Waals surface area (Å²) < 4.78 is 5.47. The minimum Gasteiger partial charge on any atom is -0.370 e. The summed E-state index contributed by atoms with van der Waals surface area (Å²) in [5.41, 5.74) is 4.75. The fourth-order valence-electron chi connectivity index (χ4n) is 3.34. The molecule has 1 aliphatic heterocycles. The molecule has 2 aromatic carbocycles. The fraction of sp³-hybridized carbons (Fsp3) is 0.300. The molecule has 1 aliphatic rings. The fourth-order valence-corrected chi connectivity index (χ4v) is 3.34. The van der Waals surface area contributed by atoms with Gasteiger partial charge in [0, 0.05) is 23.3 Å². The zero-order chi connectivity index (χ0) is 19.9. The van der Waals surface area contributed by atoms with Crippen LogP contribution < -0.4 is 10.3 Å². The Kier molecular flexibility index (Phi) is 6.46. The van der Waals surface area contributed by atoms with Gasteiger partial charge in [-0.25, -0.2) is 5.43 Å². The van der Waals surface area contributed by atoms with Gasteiger partial charge in [0.05, 0.1) is 23.8 Å². The molecule has 28 heavy (non-hydrogen) atoms. The van der Waals surface area contributed by atoms with E-state index in [0.717, 1.165) is 24.4 Å². The minimum atomic E-state index is -0.500. The smallest absolute Gasteiger partial charge is 0.271 e. The third-order valence-electron chi connectivity index (χ3n) is 4.77. The van der Waals surface area contributed by atoms with E-state index in [0.29, 0.717) is 18.8 Å². The summed E-state index contributed by atoms with van der Waals surface area (Å²) in [7, 11) is 0. The molecule has 1 saturated heterocycles. The van der Waals surface area contributed by atoms with Crippen LogP contribution in [0.5, 0.6) is 0 Å². The van der Waals surface area contributed by atoms with Crippen molar-refractivity contribution in [1.82, 2.24) is 5.43 Å². The lowest BCUT2D eigenvalue weighted by atomic mass is 10.0. The van der Waals surface area contributed by atoms with Gasteiger partial charge in [-0.15, -0.1) is 0 Å². The number of ether oxygens (including phenoxy) is 1. The van der Waals surface area contributed by atoms with Gasteiger partial charge in [0.15, 0.2) is 6.04 Å². The molecule has 0 unspecified atom stereocenters. The first kappa shape index (κ1) is 19.7. The zero-order valence-corrected chi connectivity index (χ0v) is 15.6. The largest absolute Gasteiger partial charge is 0.370 e. The number of amides is 1. The summed E-state index contributed by atoms with van der Waals surface area (Å²) in [5, 5.41) is 15.1. The van der Waals surface area contributed by atoms with Gasteiger partial charge in [-0.3, -0.25) is 14.9 Å². The molecule has 0 radical (unpaired) electrons. The highest BCUT2D eigenvalue weighted by Gasteiger charge is 2.29. The van der Waals surface area contributed by atoms with E-state index >= 15 is 0 Å². The Morgan fingerprint density at radius 2 is 1.79 bits per heavy atom. The van der Waals surface area contributed by atoms with Crippen LogP contribution >= 0.6 is 0 Å². The van der Waals surface area contributed by atoms with Gasteiger partial charge < -0.3 is 9.64 Å². The number of quaternary nitrogens is 1. The standard InChI is InChI=1S/C20H22N4O4/c1-15(21-22-20(25)17-7-9-18(10-8-17)24(26)27)19(16-5-3-2-4-6-16)23-11-13-28-14-12-23/h2-10,19H,11-14H2,1H3,(H,22,25)/p+1/b21-15-/t19-/m1/s1. The summed E-state index contributed by atoms with van der Waals surface area (Å²) in [5.74, 6) is -0.405. The van der Waals surface area contributed by atoms with Crippen molar-refractivity contribution in [3.63, 3.8) is 0 Å². The number of hydrogen-bond donors (Lipinski definition) is 2. The van der Waals surface area contributed by atoms with Gasteiger partial charge in [-0.05, 0) is 19.1 Å². The summed E-state index contributed by atoms with van der Waals surface area (Å²) in [6.07, 6.45) is 0. The molecule has 1 atom stereocenters. The summed E-state index contributed by atoms with van der Waals surface area (Å²) >= 11 is 0. The Balaban J connectivity index is 1.76. The van der Waals surface area contributed by atoms with Crippen molar-refractivity contribution in [2.45, 2.75) is 13.0 Å². The van der Waals surface area contributed by atoms with Gasteiger partial charge in [-0.1, -0.05) is 30.3 Å². The lowest BCUT2D eigenvalue weighted by Gasteiger charge is -2.31. The molecule has 8 nitrogen and oxygen atoms in total. The maximum absolute atomic E-state index is 12.4. The quantitative estimate of drug-likeness (QED) is 0.447. The van der Waals surface area contributed by atoms with E-state index in [1.165, 1.54) is 29.2 Å². The Morgan fingerprint density at radius 1 is 1.14 bits per heavy atom. The number of rotatable bonds is 6. The van der Waals surface area contributed by atoms with Crippen LogP contribution in [0.3, 0.4) is 0 Å². The number of carbonyl (C=O) groups is 1. The Labute approximate surface area is 163 Å². The van der Waals surface area contributed by atoms with E-state index in [9.17, 15) is 14.9 Å². The number of nitrogens with zero attached hydrogens (tertiary/aromatic N) is 2. The van der Waals surface area contributed by atoms with Gasteiger partial charge in [0.2, 0.25) is 0 Å². The third kappa shape index (κ3) is 4.79. The Morgan fingerprint density at radius 3 is 2.39 bits per heavy atom. The predicted octanol–water partition coefficient (Wildman–Crippen LogP) is 1.36. The zero-order valence-electron chi connectivity index (χ0n) is 15.6. The lowest BCUT2D eigenvalue weighted by Crippen LogP contribution is -3.15. The molecule has 2 aromatic rings. The maximum atomic E-state index is 12.4. The first-order valence-corrected chi connectivity index (χ1v) is 9.12. The lowest BCUT2D eigenvalue weighted by molar-refractivity contribution is -0.928. The maximum Gasteiger partial charge on any atom is 0.271 e. The normalized spacial score (nSPS) is 16.4. The molecular weight excluding hydrogens is 360 g/mol. The second-order valence-corrected chi connectivity index (χ2v) is 6.61. The molecule has 1 amide bonds. The highest BCUT2D eigenvalue weighted by molar-refractivity contribution is 5.96. The van der Waals surface area contributed by atoms with Crippen LogP contribution in [-0.2, 0) is 4.74 Å². The van der Waals surface area contributed by atoms with E-state index in [1.807, 2.05) is 25.1 Å². The summed E-state index contributed by atoms with van der Waals surface area (Å²) in [6, 6.07) is 15.5. The second-order valence-electron chi connectivity index (χ2n) is 6.61. The van der Waals surface area contributed by atoms with Crippen LogP contribution in [0, 0.1) is 10.1 Å². The number of non-ortho nitro benzene ring substituents is 1. The van der Waals surface area contributed by atoms with E-state index in [2.05, 4.69) is 22.7 Å². The van der Waals surface area contributed by atoms with E-state index in [4.69, 9.17) is 4.74 Å². The van der Waals surface area contributed by atoms with E-state index < -0.39 is 10.8 Å². The second kappa shape index (κ2) is 9.20. The molecule has 0 saturated carbocycles. The van der Waals surface area contributed by atoms with Crippen LogP contribution in [-0.4, -0.2) is 42.8 Å². The average molecular weight is 383 g/mol. The minimum absolute atomic E-state index is 0.0160. The Hall–Kier alpha value is -3.10. The van der Waals surface area contributed by atoms with Crippen molar-refractivity contribution in [1.29, 1.82) is 0 Å². The van der Waals surface area contributed by atoms with Crippen LogP contribution in [0.25, 0.3) is 0 Å². The van der Waals surface area contributed by atoms with Crippen molar-refractivity contribution >= 4 is 17.3 Å². The molecule has 146 valence electrons. The Bertz CT molecular complexity index is 846. The molecule has 2 N–H and O–H groups in total. The van der Waals surface area contributed by atoms with E-state index in [1.54, 1.807) is 0 Å². The predicted molar refractivity (Wildman–Crippen MR) is 104 cm³/mol. The van der Waals surface area contributed by atoms with Crippen molar-refractivity contribution in [2.24, 2.45) is 5.10 Å². The van der Waals surface area contributed by atoms with Crippen molar-refractivity contribution in [3.8, 4) is 0 Å². The van der Waals surface area contributed by atoms with Crippen LogP contribution in [0.1, 0.15) is 28.9 Å². The number of nitrogens with one attached hydrogen (secondary N) is 2. The number of benzene rings is 2. The highest BCUT2D eigenvalue weighted by Crippen LogP contribution is 2.13. The van der Waals surface area contributed by atoms with Crippen molar-refractivity contribution in [2.75, 3.05) is 26.3 Å². The number of hydrogen-bond acceptors (Lipinski definition) is 5. The van der Waals surface area contributed by atoms with Gasteiger partial charge in [0.25, 0.3) is 11.6 Å². The summed E-state index contributed by atoms with van der Waals surface area (Å²) in [4.78, 5) is 23.9. The molecule has 1 heterocycles. The molecule has 0 aromatic heterocycles. The number of morpholine rings is 1. The molecule has 3 rings (SSSR count). The number of nitro groups is 1. The van der Waals surface area contributed by atoms with Crippen molar-refractivity contribution < 1.29 is 19.4 Å². The molecule has 8 heteroatoms. The number of hydrazone groups is 1. The molecular formula is C20H23N4O4+. The first-order chi connectivity index (χ1) is 13.6. The number of nitro benzene ring substituents is 1. The topological polar surface area (TPSA) is 98.3 Å². The van der Waals surface area contributed by atoms with Gasteiger partial charge in [0.1, 0.15) is 13.1 Å². The average Bonchev–Trinajstić information content (AvgIpc) is 2.74. The van der Waals surface area contributed by atoms with Gasteiger partial charge >= 0.3 is 0 Å². The first-order valence-electron chi connectivity index (χ1n) is 9.12. The third-order valence-corrected chi connectivity index (χ3v) is 4.77. The summed E-state index contributed by atoms with van der Waals surface area (Å²) in [6.45, 7) is 5.02. The highest BCUT2D eigenvalue weighted by atomic mass is 16.6. The molecule has 1 fully saturated rings. The van der Waals surface area contributed by atoms with Crippen LogP contribution in [0.4, 0.5) is 5.69 Å². The SMILES string of the molecule is C/C(=N/NC(=O)c1ccc([N+](=O)[O-])cc1)[C@H](c1ccccc1)[NH+]1CCOCC1. The van der Waals surface area contributed by atoms with Crippen molar-refractivity contribution in [3.05, 3.63) is 75.8 Å². The van der Waals surface area contributed by atoms with Crippen LogP contribution in [0.2, 0.25) is 0 Å². The molecule has 0 aliphatic carbocycles. The monoisotopic (exact) mass is 383 g/mol.